The number of alkyl halides is 2. The largest absolute Gasteiger partial charge is 0.456 e. The van der Waals surface area contributed by atoms with E-state index < -0.39 is 39.0 Å². The van der Waals surface area contributed by atoms with Crippen LogP contribution in [0.25, 0.3) is 0 Å². The van der Waals surface area contributed by atoms with Gasteiger partial charge >= 0.3 is 11.9 Å². The second kappa shape index (κ2) is 3.46. The maximum atomic E-state index is 12.9. The molecule has 3 aliphatic rings. The van der Waals surface area contributed by atoms with E-state index in [-0.39, 0.29) is 11.8 Å². The van der Waals surface area contributed by atoms with Crippen LogP contribution in [0.15, 0.2) is 0 Å². The van der Waals surface area contributed by atoms with E-state index in [1.807, 2.05) is 0 Å². The summed E-state index contributed by atoms with van der Waals surface area (Å²) >= 11 is 0. The van der Waals surface area contributed by atoms with Gasteiger partial charge in [0.15, 0.2) is 0 Å². The van der Waals surface area contributed by atoms with Gasteiger partial charge in [-0.3, -0.25) is 4.18 Å². The Morgan fingerprint density at radius 3 is 2.68 bits per heavy atom. The minimum Gasteiger partial charge on any atom is -0.456 e. The van der Waals surface area contributed by atoms with Gasteiger partial charge in [0.1, 0.15) is 11.4 Å². The van der Waals surface area contributed by atoms with Gasteiger partial charge in [0, 0.05) is 18.8 Å². The Labute approximate surface area is 109 Å². The van der Waals surface area contributed by atoms with Gasteiger partial charge in [-0.15, -0.1) is 0 Å². The molecule has 5 nitrogen and oxygen atoms in total. The summed E-state index contributed by atoms with van der Waals surface area (Å²) < 4.78 is 59.5. The van der Waals surface area contributed by atoms with Crippen LogP contribution in [-0.4, -0.2) is 37.3 Å². The summed E-state index contributed by atoms with van der Waals surface area (Å²) in [7, 11) is -3.85. The van der Waals surface area contributed by atoms with Gasteiger partial charge in [0.05, 0.1) is 5.60 Å². The molecule has 0 N–H and O–H groups in total. The standard InChI is InChI=1S/C11H14F2O5S/c1-10-4-5-3-6(10)8(19(15,16)18-10)7(5)17-9(14)11(2,12)13/h5-8H,3-4H2,1-2H3. The van der Waals surface area contributed by atoms with Crippen molar-refractivity contribution in [3.63, 3.8) is 0 Å². The highest BCUT2D eigenvalue weighted by molar-refractivity contribution is 7.87. The predicted octanol–water partition coefficient (Wildman–Crippen LogP) is 1.08. The molecule has 3 fully saturated rings. The van der Waals surface area contributed by atoms with Crippen molar-refractivity contribution in [1.29, 1.82) is 0 Å². The molecule has 1 saturated heterocycles. The van der Waals surface area contributed by atoms with Crippen molar-refractivity contribution in [2.75, 3.05) is 0 Å². The Morgan fingerprint density at radius 2 is 2.11 bits per heavy atom. The van der Waals surface area contributed by atoms with Crippen LogP contribution in [0.4, 0.5) is 8.78 Å². The molecule has 0 aromatic rings. The summed E-state index contributed by atoms with van der Waals surface area (Å²) in [4.78, 5) is 11.3. The molecule has 3 rings (SSSR count). The number of halogens is 2. The van der Waals surface area contributed by atoms with Crippen LogP contribution in [0.2, 0.25) is 0 Å². The van der Waals surface area contributed by atoms with Crippen molar-refractivity contribution in [2.45, 2.75) is 49.6 Å². The minimum atomic E-state index is -3.85. The molecule has 1 aliphatic heterocycles. The molecule has 0 spiro atoms. The summed E-state index contributed by atoms with van der Waals surface area (Å²) in [6.07, 6.45) is -0.0576. The van der Waals surface area contributed by atoms with Crippen molar-refractivity contribution in [2.24, 2.45) is 11.8 Å². The molecule has 0 amide bonds. The lowest BCUT2D eigenvalue weighted by Gasteiger charge is -2.30. The van der Waals surface area contributed by atoms with E-state index in [9.17, 15) is 22.0 Å². The van der Waals surface area contributed by atoms with Crippen molar-refractivity contribution in [3.8, 4) is 0 Å². The molecular formula is C11H14F2O5S. The molecule has 0 radical (unpaired) electrons. The molecular weight excluding hydrogens is 282 g/mol. The van der Waals surface area contributed by atoms with Crippen LogP contribution in [0, 0.1) is 11.8 Å². The van der Waals surface area contributed by atoms with Crippen molar-refractivity contribution < 1.29 is 30.9 Å². The van der Waals surface area contributed by atoms with Crippen LogP contribution in [-0.2, 0) is 23.8 Å². The number of ether oxygens (including phenoxy) is 1. The molecule has 2 bridgehead atoms. The zero-order valence-corrected chi connectivity index (χ0v) is 11.2. The highest BCUT2D eigenvalue weighted by Crippen LogP contribution is 2.61. The quantitative estimate of drug-likeness (QED) is 0.563. The number of rotatable bonds is 2. The number of fused-ring (bicyclic) bond motifs is 1. The zero-order chi connectivity index (χ0) is 14.2. The monoisotopic (exact) mass is 296 g/mol. The molecule has 2 saturated carbocycles. The molecule has 2 aliphatic carbocycles. The van der Waals surface area contributed by atoms with Crippen LogP contribution < -0.4 is 0 Å². The average Bonchev–Trinajstić information content (AvgIpc) is 2.72. The number of carbonyl (C=O) groups is 1. The number of esters is 1. The third-order valence-corrected chi connectivity index (χ3v) is 6.31. The molecule has 1 heterocycles. The number of carbonyl (C=O) groups excluding carboxylic acids is 1. The van der Waals surface area contributed by atoms with Crippen molar-refractivity contribution in [3.05, 3.63) is 0 Å². The minimum absolute atomic E-state index is 0.219. The van der Waals surface area contributed by atoms with E-state index in [0.717, 1.165) is 0 Å². The van der Waals surface area contributed by atoms with E-state index in [4.69, 9.17) is 8.92 Å². The summed E-state index contributed by atoms with van der Waals surface area (Å²) in [6.45, 7) is 2.15. The number of hydrogen-bond donors (Lipinski definition) is 0. The van der Waals surface area contributed by atoms with E-state index in [1.54, 1.807) is 6.92 Å². The molecule has 19 heavy (non-hydrogen) atoms. The highest BCUT2D eigenvalue weighted by Gasteiger charge is 2.71. The van der Waals surface area contributed by atoms with Crippen LogP contribution in [0.3, 0.4) is 0 Å². The normalized spacial score (nSPS) is 46.5. The average molecular weight is 296 g/mol. The topological polar surface area (TPSA) is 69.7 Å². The fourth-order valence-electron chi connectivity index (χ4n) is 3.73. The fraction of sp³-hybridized carbons (Fsp3) is 0.909. The Balaban J connectivity index is 1.89. The lowest BCUT2D eigenvalue weighted by molar-refractivity contribution is -0.177. The molecule has 108 valence electrons. The molecule has 5 unspecified atom stereocenters. The maximum Gasteiger partial charge on any atom is 0.376 e. The molecule has 8 heteroatoms. The lowest BCUT2D eigenvalue weighted by atomic mass is 9.84. The first kappa shape index (κ1) is 13.2. The molecule has 0 aromatic heterocycles. The zero-order valence-electron chi connectivity index (χ0n) is 10.4. The lowest BCUT2D eigenvalue weighted by Crippen LogP contribution is -2.44. The summed E-state index contributed by atoms with van der Waals surface area (Å²) in [5, 5.41) is -0.998. The SMILES string of the molecule is CC(F)(F)C(=O)OC1C2CC3C1S(=O)(=O)OC3(C)C2. The predicted molar refractivity (Wildman–Crippen MR) is 58.9 cm³/mol. The smallest absolute Gasteiger partial charge is 0.376 e. The Morgan fingerprint density at radius 1 is 1.47 bits per heavy atom. The van der Waals surface area contributed by atoms with Crippen molar-refractivity contribution in [1.82, 2.24) is 0 Å². The third-order valence-electron chi connectivity index (χ3n) is 4.43. The van der Waals surface area contributed by atoms with Crippen LogP contribution in [0.5, 0.6) is 0 Å². The first-order valence-electron chi connectivity index (χ1n) is 6.08. The van der Waals surface area contributed by atoms with E-state index in [1.165, 1.54) is 0 Å². The first-order valence-corrected chi connectivity index (χ1v) is 7.55. The van der Waals surface area contributed by atoms with Crippen LogP contribution >= 0.6 is 0 Å². The summed E-state index contributed by atoms with van der Waals surface area (Å²) in [5.41, 5.74) is -0.758. The third kappa shape index (κ3) is 1.72. The Kier molecular flexibility index (Phi) is 2.41. The van der Waals surface area contributed by atoms with Crippen LogP contribution in [0.1, 0.15) is 26.7 Å². The molecule has 5 atom stereocenters. The Bertz CT molecular complexity index is 540. The summed E-state index contributed by atoms with van der Waals surface area (Å²) in [5.74, 6) is -5.78. The van der Waals surface area contributed by atoms with Gasteiger partial charge in [-0.2, -0.15) is 17.2 Å². The van der Waals surface area contributed by atoms with Gasteiger partial charge < -0.3 is 4.74 Å². The first-order chi connectivity index (χ1) is 8.55. The van der Waals surface area contributed by atoms with Gasteiger partial charge in [-0.25, -0.2) is 4.79 Å². The van der Waals surface area contributed by atoms with E-state index in [2.05, 4.69) is 0 Å². The van der Waals surface area contributed by atoms with Crippen molar-refractivity contribution >= 4 is 16.1 Å². The Hall–Kier alpha value is -0.760. The fourth-order valence-corrected chi connectivity index (χ4v) is 5.97. The van der Waals surface area contributed by atoms with Gasteiger partial charge in [-0.05, 0) is 19.8 Å². The highest BCUT2D eigenvalue weighted by atomic mass is 32.2. The van der Waals surface area contributed by atoms with Gasteiger partial charge in [0.2, 0.25) is 0 Å². The van der Waals surface area contributed by atoms with Gasteiger partial charge in [0.25, 0.3) is 10.1 Å². The molecule has 0 aromatic carbocycles. The maximum absolute atomic E-state index is 12.9. The van der Waals surface area contributed by atoms with E-state index >= 15 is 0 Å². The van der Waals surface area contributed by atoms with Gasteiger partial charge in [-0.1, -0.05) is 0 Å². The summed E-state index contributed by atoms with van der Waals surface area (Å²) in [6, 6.07) is 0. The van der Waals surface area contributed by atoms with E-state index in [0.29, 0.717) is 19.8 Å². The second-order valence-electron chi connectivity index (χ2n) is 5.92. The second-order valence-corrected chi connectivity index (χ2v) is 7.61. The number of hydrogen-bond acceptors (Lipinski definition) is 5.